The molecule has 3 rings (SSSR count). The van der Waals surface area contributed by atoms with Crippen LogP contribution in [0, 0.1) is 17.7 Å². The summed E-state index contributed by atoms with van der Waals surface area (Å²) in [5, 5.41) is 0. The van der Waals surface area contributed by atoms with Crippen LogP contribution in [0.5, 0.6) is 5.75 Å². The zero-order valence-electron chi connectivity index (χ0n) is 12.7. The summed E-state index contributed by atoms with van der Waals surface area (Å²) in [4.78, 5) is 2.27. The van der Waals surface area contributed by atoms with Crippen LogP contribution in [0.4, 0.5) is 4.39 Å². The minimum absolute atomic E-state index is 0.189. The van der Waals surface area contributed by atoms with Crippen molar-refractivity contribution in [3.63, 3.8) is 0 Å². The third-order valence-corrected chi connectivity index (χ3v) is 5.00. The fourth-order valence-corrected chi connectivity index (χ4v) is 3.42. The Kier molecular flexibility index (Phi) is 4.45. The first kappa shape index (κ1) is 14.8. The van der Waals surface area contributed by atoms with Gasteiger partial charge >= 0.3 is 0 Å². The molecule has 2 fully saturated rings. The molecule has 1 aliphatic heterocycles. The number of benzene rings is 1. The third-order valence-electron chi connectivity index (χ3n) is 5.00. The number of nitrogens with two attached hydrogens (primary N) is 1. The van der Waals surface area contributed by atoms with E-state index < -0.39 is 0 Å². The molecule has 1 saturated heterocycles. The van der Waals surface area contributed by atoms with Gasteiger partial charge in [-0.2, -0.15) is 0 Å². The Balaban J connectivity index is 1.77. The number of hydrogen-bond donors (Lipinski definition) is 1. The van der Waals surface area contributed by atoms with E-state index in [1.165, 1.54) is 25.3 Å². The van der Waals surface area contributed by atoms with Crippen molar-refractivity contribution in [3.05, 3.63) is 29.6 Å². The van der Waals surface area contributed by atoms with Gasteiger partial charge in [-0.25, -0.2) is 4.39 Å². The highest BCUT2D eigenvalue weighted by atomic mass is 19.1. The molecular formula is C17H25FN2O. The summed E-state index contributed by atoms with van der Waals surface area (Å²) in [6.07, 6.45) is 4.81. The summed E-state index contributed by atoms with van der Waals surface area (Å²) in [5.41, 5.74) is 6.78. The number of halogens is 1. The van der Waals surface area contributed by atoms with Gasteiger partial charge < -0.3 is 10.5 Å². The number of ether oxygens (including phenoxy) is 1. The zero-order chi connectivity index (χ0) is 14.8. The van der Waals surface area contributed by atoms with Gasteiger partial charge in [0.15, 0.2) is 0 Å². The molecule has 21 heavy (non-hydrogen) atoms. The molecule has 1 aromatic rings. The average Bonchev–Trinajstić information content (AvgIpc) is 2.79. The molecule has 1 saturated carbocycles. The summed E-state index contributed by atoms with van der Waals surface area (Å²) in [6, 6.07) is 5.13. The predicted molar refractivity (Wildman–Crippen MR) is 81.8 cm³/mol. The Labute approximate surface area is 126 Å². The lowest BCUT2D eigenvalue weighted by Crippen LogP contribution is -2.22. The molecule has 2 aliphatic rings. The van der Waals surface area contributed by atoms with Crippen LogP contribution in [0.3, 0.4) is 0 Å². The van der Waals surface area contributed by atoms with Crippen LogP contribution in [0.2, 0.25) is 0 Å². The summed E-state index contributed by atoms with van der Waals surface area (Å²) in [6.45, 7) is 2.42. The molecule has 0 spiro atoms. The maximum absolute atomic E-state index is 13.7. The van der Waals surface area contributed by atoms with Crippen LogP contribution >= 0.6 is 0 Å². The summed E-state index contributed by atoms with van der Waals surface area (Å²) in [7, 11) is 2.08. The summed E-state index contributed by atoms with van der Waals surface area (Å²) < 4.78 is 19.7. The molecule has 0 bridgehead atoms. The van der Waals surface area contributed by atoms with E-state index in [4.69, 9.17) is 10.5 Å². The van der Waals surface area contributed by atoms with E-state index in [9.17, 15) is 4.39 Å². The van der Waals surface area contributed by atoms with Crippen LogP contribution in [-0.2, 0) is 0 Å². The zero-order valence-corrected chi connectivity index (χ0v) is 12.7. The lowest BCUT2D eigenvalue weighted by molar-refractivity contribution is 0.176. The number of nitrogens with zero attached hydrogens (tertiary/aromatic N) is 1. The molecule has 0 amide bonds. The molecule has 3 nitrogen and oxygen atoms in total. The fraction of sp³-hybridized carbons (Fsp3) is 0.647. The van der Waals surface area contributed by atoms with Gasteiger partial charge in [0, 0.05) is 18.2 Å². The Morgan fingerprint density at radius 2 is 2.14 bits per heavy atom. The third kappa shape index (κ3) is 3.22. The Morgan fingerprint density at radius 1 is 1.33 bits per heavy atom. The number of likely N-dealkylation sites (tertiary alicyclic amines) is 1. The van der Waals surface area contributed by atoms with Crippen molar-refractivity contribution in [2.45, 2.75) is 31.7 Å². The van der Waals surface area contributed by atoms with Crippen LogP contribution in [0.25, 0.3) is 0 Å². The second-order valence-electron chi connectivity index (χ2n) is 6.58. The maximum atomic E-state index is 13.7. The molecule has 1 aromatic carbocycles. The Hall–Kier alpha value is -1.13. The molecule has 116 valence electrons. The van der Waals surface area contributed by atoms with Crippen molar-refractivity contribution in [1.82, 2.24) is 4.90 Å². The van der Waals surface area contributed by atoms with Crippen molar-refractivity contribution in [3.8, 4) is 5.75 Å². The standard InChI is InChI=1S/C17H25FN2O/c1-20-10-13(9-19)7-16(20)15-8-14(18)5-6-17(15)21-11-12-3-2-4-12/h5-6,8,12-13,16H,2-4,7,9-11,19H2,1H3. The highest BCUT2D eigenvalue weighted by Gasteiger charge is 2.32. The molecule has 2 atom stereocenters. The van der Waals surface area contributed by atoms with Crippen molar-refractivity contribution < 1.29 is 9.13 Å². The van der Waals surface area contributed by atoms with E-state index in [1.54, 1.807) is 12.1 Å². The van der Waals surface area contributed by atoms with Crippen molar-refractivity contribution >= 4 is 0 Å². The van der Waals surface area contributed by atoms with Gasteiger partial charge in [0.05, 0.1) is 6.61 Å². The topological polar surface area (TPSA) is 38.5 Å². The lowest BCUT2D eigenvalue weighted by atomic mass is 9.86. The molecule has 0 radical (unpaired) electrons. The van der Waals surface area contributed by atoms with Gasteiger partial charge in [0.1, 0.15) is 11.6 Å². The van der Waals surface area contributed by atoms with E-state index >= 15 is 0 Å². The molecule has 2 unspecified atom stereocenters. The van der Waals surface area contributed by atoms with Crippen molar-refractivity contribution in [1.29, 1.82) is 0 Å². The van der Waals surface area contributed by atoms with Gasteiger partial charge in [0.25, 0.3) is 0 Å². The van der Waals surface area contributed by atoms with Crippen LogP contribution in [0.15, 0.2) is 18.2 Å². The SMILES string of the molecule is CN1CC(CN)CC1c1cc(F)ccc1OCC1CCC1. The first-order chi connectivity index (χ1) is 10.2. The van der Waals surface area contributed by atoms with E-state index in [0.29, 0.717) is 18.4 Å². The van der Waals surface area contributed by atoms with Crippen LogP contribution < -0.4 is 10.5 Å². The number of rotatable bonds is 5. The minimum atomic E-state index is -0.189. The van der Waals surface area contributed by atoms with E-state index in [2.05, 4.69) is 11.9 Å². The fourth-order valence-electron chi connectivity index (χ4n) is 3.42. The Bertz CT molecular complexity index is 490. The lowest BCUT2D eigenvalue weighted by Gasteiger charge is -2.27. The normalized spacial score (nSPS) is 26.8. The summed E-state index contributed by atoms with van der Waals surface area (Å²) in [5.74, 6) is 1.83. The minimum Gasteiger partial charge on any atom is -0.493 e. The van der Waals surface area contributed by atoms with E-state index in [-0.39, 0.29) is 11.9 Å². The monoisotopic (exact) mass is 292 g/mol. The van der Waals surface area contributed by atoms with Crippen molar-refractivity contribution in [2.24, 2.45) is 17.6 Å². The number of hydrogen-bond acceptors (Lipinski definition) is 3. The van der Waals surface area contributed by atoms with Gasteiger partial charge in [-0.15, -0.1) is 0 Å². The molecular weight excluding hydrogens is 267 g/mol. The quantitative estimate of drug-likeness (QED) is 0.907. The van der Waals surface area contributed by atoms with Crippen LogP contribution in [-0.4, -0.2) is 31.6 Å². The smallest absolute Gasteiger partial charge is 0.124 e. The van der Waals surface area contributed by atoms with Crippen molar-refractivity contribution in [2.75, 3.05) is 26.7 Å². The van der Waals surface area contributed by atoms with Gasteiger partial charge in [-0.1, -0.05) is 6.42 Å². The highest BCUT2D eigenvalue weighted by molar-refractivity contribution is 5.37. The van der Waals surface area contributed by atoms with Gasteiger partial charge in [-0.05, 0) is 62.9 Å². The molecule has 4 heteroatoms. The molecule has 2 N–H and O–H groups in total. The largest absolute Gasteiger partial charge is 0.493 e. The Morgan fingerprint density at radius 3 is 2.76 bits per heavy atom. The predicted octanol–water partition coefficient (Wildman–Crippen LogP) is 2.96. The summed E-state index contributed by atoms with van der Waals surface area (Å²) >= 11 is 0. The second kappa shape index (κ2) is 6.32. The molecule has 0 aromatic heterocycles. The van der Waals surface area contributed by atoms with Gasteiger partial charge in [-0.3, -0.25) is 4.90 Å². The highest BCUT2D eigenvalue weighted by Crippen LogP contribution is 2.39. The second-order valence-corrected chi connectivity index (χ2v) is 6.58. The molecule has 1 aliphatic carbocycles. The van der Waals surface area contributed by atoms with Gasteiger partial charge in [0.2, 0.25) is 0 Å². The first-order valence-electron chi connectivity index (χ1n) is 8.00. The van der Waals surface area contributed by atoms with E-state index in [1.807, 2.05) is 0 Å². The van der Waals surface area contributed by atoms with Crippen LogP contribution in [0.1, 0.15) is 37.3 Å². The maximum Gasteiger partial charge on any atom is 0.124 e. The average molecular weight is 292 g/mol. The van der Waals surface area contributed by atoms with E-state index in [0.717, 1.165) is 30.9 Å². The molecule has 1 heterocycles. The first-order valence-corrected chi connectivity index (χ1v) is 8.00.